The van der Waals surface area contributed by atoms with Crippen molar-refractivity contribution in [2.24, 2.45) is 21.7 Å². The van der Waals surface area contributed by atoms with E-state index in [2.05, 4.69) is 27.2 Å². The first-order valence-electron chi connectivity index (χ1n) is 6.25. The molecule has 1 aliphatic rings. The Morgan fingerprint density at radius 2 is 2.11 bits per heavy atom. The van der Waals surface area contributed by atoms with E-state index in [4.69, 9.17) is 11.5 Å². The zero-order valence-corrected chi connectivity index (χ0v) is 11.6. The van der Waals surface area contributed by atoms with Crippen molar-refractivity contribution in [1.82, 2.24) is 4.90 Å². The van der Waals surface area contributed by atoms with E-state index in [9.17, 15) is 0 Å². The predicted octanol–water partition coefficient (Wildman–Crippen LogP) is 0.843. The Kier molecular flexibility index (Phi) is 5.23. The first-order chi connectivity index (χ1) is 9.24. The van der Waals surface area contributed by atoms with Gasteiger partial charge in [-0.1, -0.05) is 18.2 Å². The second-order valence-corrected chi connectivity index (χ2v) is 5.63. The summed E-state index contributed by atoms with van der Waals surface area (Å²) in [6, 6.07) is 8.28. The molecule has 5 nitrogen and oxygen atoms in total. The third kappa shape index (κ3) is 4.92. The van der Waals surface area contributed by atoms with Crippen molar-refractivity contribution >= 4 is 23.9 Å². The average Bonchev–Trinajstić information content (AvgIpc) is 2.40. The molecule has 1 aromatic rings. The van der Waals surface area contributed by atoms with Crippen LogP contribution in [-0.2, 0) is 6.54 Å². The van der Waals surface area contributed by atoms with Crippen LogP contribution in [-0.4, -0.2) is 41.7 Å². The van der Waals surface area contributed by atoms with Gasteiger partial charge >= 0.3 is 0 Å². The Labute approximate surface area is 117 Å². The normalized spacial score (nSPS) is 16.6. The molecule has 4 N–H and O–H groups in total. The Balaban J connectivity index is 1.98. The molecular weight excluding hydrogens is 258 g/mol. The average molecular weight is 277 g/mol. The van der Waals surface area contributed by atoms with Crippen LogP contribution in [0.4, 0.5) is 0 Å². The number of hydrogen-bond donors (Lipinski definition) is 2. The van der Waals surface area contributed by atoms with Crippen LogP contribution < -0.4 is 11.5 Å². The van der Waals surface area contributed by atoms with Crippen molar-refractivity contribution in [2.75, 3.05) is 24.6 Å². The summed E-state index contributed by atoms with van der Waals surface area (Å²) in [5.41, 5.74) is 12.7. The van der Waals surface area contributed by atoms with Gasteiger partial charge in [-0.2, -0.15) is 16.9 Å². The summed E-state index contributed by atoms with van der Waals surface area (Å²) < 4.78 is 0. The van der Waals surface area contributed by atoms with Crippen LogP contribution >= 0.6 is 11.8 Å². The molecule has 0 spiro atoms. The van der Waals surface area contributed by atoms with Gasteiger partial charge in [0.25, 0.3) is 0 Å². The Bertz CT molecular complexity index is 462. The van der Waals surface area contributed by atoms with E-state index >= 15 is 0 Å². The van der Waals surface area contributed by atoms with Gasteiger partial charge in [-0.25, -0.2) is 0 Å². The summed E-state index contributed by atoms with van der Waals surface area (Å²) in [6.07, 6.45) is 1.66. The number of guanidine groups is 1. The molecule has 102 valence electrons. The number of nitrogens with zero attached hydrogens (tertiary/aromatic N) is 3. The molecule has 0 aliphatic carbocycles. The van der Waals surface area contributed by atoms with Gasteiger partial charge in [0.15, 0.2) is 0 Å². The van der Waals surface area contributed by atoms with Crippen LogP contribution in [0.5, 0.6) is 0 Å². The van der Waals surface area contributed by atoms with Crippen LogP contribution in [0.15, 0.2) is 34.5 Å². The summed E-state index contributed by atoms with van der Waals surface area (Å²) in [4.78, 5) is 2.47. The van der Waals surface area contributed by atoms with Gasteiger partial charge in [0, 0.05) is 31.1 Å². The predicted molar refractivity (Wildman–Crippen MR) is 82.4 cm³/mol. The number of hydrogen-bond acceptors (Lipinski definition) is 4. The molecule has 0 aromatic heterocycles. The maximum Gasteiger partial charge on any atom is 0.211 e. The highest BCUT2D eigenvalue weighted by atomic mass is 32.2. The molecule has 1 heterocycles. The highest BCUT2D eigenvalue weighted by molar-refractivity contribution is 7.99. The fourth-order valence-corrected chi connectivity index (χ4v) is 2.93. The number of benzene rings is 1. The lowest BCUT2D eigenvalue weighted by Crippen LogP contribution is -2.31. The van der Waals surface area contributed by atoms with Crippen molar-refractivity contribution in [2.45, 2.75) is 6.54 Å². The summed E-state index contributed by atoms with van der Waals surface area (Å²) in [6.45, 7) is 3.32. The van der Waals surface area contributed by atoms with E-state index in [-0.39, 0.29) is 5.96 Å². The molecule has 1 fully saturated rings. The van der Waals surface area contributed by atoms with Crippen LogP contribution in [0.2, 0.25) is 0 Å². The van der Waals surface area contributed by atoms with E-state index in [1.165, 1.54) is 17.1 Å². The summed E-state index contributed by atoms with van der Waals surface area (Å²) in [5.74, 6) is 2.43. The molecule has 1 saturated heterocycles. The Morgan fingerprint density at radius 1 is 1.32 bits per heavy atom. The minimum atomic E-state index is -0.0294. The van der Waals surface area contributed by atoms with E-state index in [1.807, 2.05) is 23.9 Å². The van der Waals surface area contributed by atoms with Crippen LogP contribution in [0, 0.1) is 0 Å². The van der Waals surface area contributed by atoms with Gasteiger partial charge in [-0.3, -0.25) is 4.90 Å². The van der Waals surface area contributed by atoms with Crippen molar-refractivity contribution in [3.05, 3.63) is 35.4 Å². The van der Waals surface area contributed by atoms with Gasteiger partial charge in [0.05, 0.1) is 6.21 Å². The molecule has 1 aromatic carbocycles. The second-order valence-electron chi connectivity index (χ2n) is 4.40. The lowest BCUT2D eigenvalue weighted by Gasteiger charge is -2.26. The SMILES string of the molecule is NC(N)=NN=Cc1cccc(CN2CCSCC2)c1. The van der Waals surface area contributed by atoms with Crippen molar-refractivity contribution < 1.29 is 0 Å². The fourth-order valence-electron chi connectivity index (χ4n) is 1.95. The van der Waals surface area contributed by atoms with Gasteiger partial charge in [-0.05, 0) is 17.2 Å². The highest BCUT2D eigenvalue weighted by Gasteiger charge is 2.10. The van der Waals surface area contributed by atoms with E-state index < -0.39 is 0 Å². The van der Waals surface area contributed by atoms with Crippen LogP contribution in [0.25, 0.3) is 0 Å². The quantitative estimate of drug-likeness (QED) is 0.485. The molecule has 19 heavy (non-hydrogen) atoms. The van der Waals surface area contributed by atoms with Gasteiger partial charge < -0.3 is 11.5 Å². The standard InChI is InChI=1S/C13H19N5S/c14-13(15)17-16-9-11-2-1-3-12(8-11)10-18-4-6-19-7-5-18/h1-3,8-9H,4-7,10H2,(H4,14,15,17). The molecule has 0 radical (unpaired) electrons. The van der Waals surface area contributed by atoms with Crippen molar-refractivity contribution in [3.8, 4) is 0 Å². The molecule has 6 heteroatoms. The molecule has 0 saturated carbocycles. The van der Waals surface area contributed by atoms with Gasteiger partial charge in [-0.15, -0.1) is 5.10 Å². The van der Waals surface area contributed by atoms with E-state index in [0.717, 1.165) is 25.2 Å². The van der Waals surface area contributed by atoms with Crippen molar-refractivity contribution in [1.29, 1.82) is 0 Å². The summed E-state index contributed by atoms with van der Waals surface area (Å²) in [7, 11) is 0. The fraction of sp³-hybridized carbons (Fsp3) is 0.385. The van der Waals surface area contributed by atoms with Crippen molar-refractivity contribution in [3.63, 3.8) is 0 Å². The molecule has 0 unspecified atom stereocenters. The second kappa shape index (κ2) is 7.16. The van der Waals surface area contributed by atoms with E-state index in [1.54, 1.807) is 6.21 Å². The zero-order chi connectivity index (χ0) is 13.5. The topological polar surface area (TPSA) is 80.0 Å². The first-order valence-corrected chi connectivity index (χ1v) is 7.40. The molecule has 0 atom stereocenters. The van der Waals surface area contributed by atoms with E-state index in [0.29, 0.717) is 0 Å². The van der Waals surface area contributed by atoms with Crippen LogP contribution in [0.3, 0.4) is 0 Å². The third-order valence-corrected chi connectivity index (χ3v) is 3.78. The zero-order valence-electron chi connectivity index (χ0n) is 10.8. The molecule has 0 amide bonds. The lowest BCUT2D eigenvalue weighted by molar-refractivity contribution is 0.294. The third-order valence-electron chi connectivity index (χ3n) is 2.84. The maximum atomic E-state index is 5.22. The van der Waals surface area contributed by atoms with Gasteiger partial charge in [0.2, 0.25) is 5.96 Å². The lowest BCUT2D eigenvalue weighted by atomic mass is 10.1. The first kappa shape index (κ1) is 13.9. The molecular formula is C13H19N5S. The number of rotatable bonds is 4. The summed E-state index contributed by atoms with van der Waals surface area (Å²) >= 11 is 2.02. The highest BCUT2D eigenvalue weighted by Crippen LogP contribution is 2.13. The number of thioether (sulfide) groups is 1. The maximum absolute atomic E-state index is 5.22. The molecule has 1 aliphatic heterocycles. The molecule has 2 rings (SSSR count). The largest absolute Gasteiger partial charge is 0.369 e. The summed E-state index contributed by atoms with van der Waals surface area (Å²) in [5, 5.41) is 7.42. The number of nitrogens with two attached hydrogens (primary N) is 2. The minimum Gasteiger partial charge on any atom is -0.369 e. The monoisotopic (exact) mass is 277 g/mol. The van der Waals surface area contributed by atoms with Crippen LogP contribution in [0.1, 0.15) is 11.1 Å². The Hall–Kier alpha value is -1.53. The molecule has 0 bridgehead atoms. The van der Waals surface area contributed by atoms with Gasteiger partial charge in [0.1, 0.15) is 0 Å². The minimum absolute atomic E-state index is 0.0294. The Morgan fingerprint density at radius 3 is 2.84 bits per heavy atom. The smallest absolute Gasteiger partial charge is 0.211 e.